The second-order valence-corrected chi connectivity index (χ2v) is 18.3. The Kier molecular flexibility index (Phi) is 14.0. The minimum absolute atomic E-state index is 0.0259. The predicted molar refractivity (Wildman–Crippen MR) is 281 cm³/mol. The number of amides is 2. The van der Waals surface area contributed by atoms with Crippen LogP contribution in [0.1, 0.15) is 63.8 Å². The Hall–Kier alpha value is -8.39. The van der Waals surface area contributed by atoms with Gasteiger partial charge < -0.3 is 23.7 Å². The summed E-state index contributed by atoms with van der Waals surface area (Å²) in [6.07, 6.45) is 0. The zero-order valence-electron chi connectivity index (χ0n) is 42.2. The van der Waals surface area contributed by atoms with Crippen molar-refractivity contribution in [2.24, 2.45) is 31.2 Å². The number of carbonyl (C=O) groups excluding carboxylic acids is 3. The summed E-state index contributed by atoms with van der Waals surface area (Å²) in [6, 6.07) is 50.4. The topological polar surface area (TPSA) is 153 Å². The van der Waals surface area contributed by atoms with Crippen molar-refractivity contribution in [1.82, 2.24) is 0 Å². The molecule has 0 saturated carbocycles. The number of carbonyl (C=O) groups is 3. The third-order valence-corrected chi connectivity index (χ3v) is 13.7. The predicted octanol–water partition coefficient (Wildman–Crippen LogP) is 10.0. The molecule has 0 bridgehead atoms. The van der Waals surface area contributed by atoms with E-state index in [0.29, 0.717) is 6.61 Å². The molecule has 4 aliphatic rings. The van der Waals surface area contributed by atoms with Gasteiger partial charge >= 0.3 is 5.97 Å². The van der Waals surface area contributed by atoms with Gasteiger partial charge in [-0.3, -0.25) is 24.2 Å². The molecule has 0 radical (unpaired) electrons. The quantitative estimate of drug-likeness (QED) is 0.0919. The standard InChI is InChI=1S/2C27H25N3O3.C4H8O2/c2*1-26(2)25(31)30(20-8-6-5-7-9-20)27(26)23(18-10-14-21(32-3)15-11-18)28-29-24(27)19-12-16-22(33-4)17-13-19;1-3-6-4(2)5/h2*5-17H,1-4H3;3H2,1-2H3. The van der Waals surface area contributed by atoms with Gasteiger partial charge in [-0.1, -0.05) is 36.4 Å². The first-order valence-electron chi connectivity index (χ1n) is 23.5. The van der Waals surface area contributed by atoms with Crippen LogP contribution in [0, 0.1) is 10.8 Å². The van der Waals surface area contributed by atoms with Crippen LogP contribution in [0.5, 0.6) is 23.0 Å². The lowest BCUT2D eigenvalue weighted by Gasteiger charge is -2.61. The Labute approximate surface area is 420 Å². The van der Waals surface area contributed by atoms with E-state index in [4.69, 9.17) is 18.9 Å². The third kappa shape index (κ3) is 8.15. The monoisotopic (exact) mass is 966 g/mol. The van der Waals surface area contributed by atoms with E-state index in [1.165, 1.54) is 6.92 Å². The number of β-lactam (4-membered cyclic amide) rings is 2. The fourth-order valence-electron chi connectivity index (χ4n) is 9.99. The van der Waals surface area contributed by atoms with Gasteiger partial charge in [0.25, 0.3) is 0 Å². The summed E-state index contributed by atoms with van der Waals surface area (Å²) < 4.78 is 25.8. The van der Waals surface area contributed by atoms with E-state index in [2.05, 4.69) is 25.1 Å². The number of methoxy groups -OCH3 is 4. The van der Waals surface area contributed by atoms with Gasteiger partial charge in [0.1, 0.15) is 45.8 Å². The second kappa shape index (κ2) is 20.1. The molecule has 2 saturated heterocycles. The SMILES string of the molecule is CCOC(C)=O.COc1ccc(C2=NN=C(c3ccc(OC)cc3)C23N(c2ccccc2)C(=O)C3(C)C)cc1.COc1ccc(C2=NN=C(c3ccc(OC)cc3)C23N(c2ccccc2)C(=O)C3(C)C)cc1. The number of hydrogen-bond donors (Lipinski definition) is 0. The Balaban J connectivity index is 0.000000173. The highest BCUT2D eigenvalue weighted by molar-refractivity contribution is 6.42. The number of rotatable bonds is 11. The van der Waals surface area contributed by atoms with Crippen molar-refractivity contribution >= 4 is 52.0 Å². The number of ether oxygens (including phenoxy) is 5. The van der Waals surface area contributed by atoms with E-state index < -0.39 is 21.9 Å². The molecule has 0 aliphatic carbocycles. The molecule has 0 unspecified atom stereocenters. The number of anilines is 2. The van der Waals surface area contributed by atoms with Gasteiger partial charge in [0.2, 0.25) is 11.8 Å². The molecule has 6 aromatic carbocycles. The minimum Gasteiger partial charge on any atom is -0.497 e. The van der Waals surface area contributed by atoms with Gasteiger partial charge in [0, 0.05) is 40.6 Å². The summed E-state index contributed by atoms with van der Waals surface area (Å²) in [5, 5.41) is 18.7. The molecule has 14 heteroatoms. The molecule has 0 atom stereocenters. The van der Waals surface area contributed by atoms with E-state index in [-0.39, 0.29) is 17.8 Å². The molecule has 4 heterocycles. The lowest BCUT2D eigenvalue weighted by Crippen LogP contribution is -2.82. The lowest BCUT2D eigenvalue weighted by molar-refractivity contribution is -0.140. The smallest absolute Gasteiger partial charge is 0.302 e. The van der Waals surface area contributed by atoms with Crippen molar-refractivity contribution in [3.63, 3.8) is 0 Å². The molecule has 72 heavy (non-hydrogen) atoms. The molecule has 14 nitrogen and oxygen atoms in total. The Bertz CT molecular complexity index is 2750. The van der Waals surface area contributed by atoms with Crippen molar-refractivity contribution in [3.05, 3.63) is 180 Å². The van der Waals surface area contributed by atoms with Crippen LogP contribution in [0.15, 0.2) is 178 Å². The molecule has 2 spiro atoms. The van der Waals surface area contributed by atoms with Gasteiger partial charge in [-0.2, -0.15) is 20.4 Å². The van der Waals surface area contributed by atoms with E-state index in [1.807, 2.05) is 195 Å². The van der Waals surface area contributed by atoms with E-state index in [1.54, 1.807) is 35.4 Å². The van der Waals surface area contributed by atoms with Crippen LogP contribution in [-0.4, -0.2) is 86.8 Å². The first kappa shape index (κ1) is 50.0. The van der Waals surface area contributed by atoms with Crippen molar-refractivity contribution in [1.29, 1.82) is 0 Å². The highest BCUT2D eigenvalue weighted by atomic mass is 16.5. The van der Waals surface area contributed by atoms with Crippen LogP contribution in [0.3, 0.4) is 0 Å². The molecule has 0 N–H and O–H groups in total. The Morgan fingerprint density at radius 3 is 0.875 bits per heavy atom. The molecule has 10 rings (SSSR count). The summed E-state index contributed by atoms with van der Waals surface area (Å²) in [7, 11) is 6.55. The minimum atomic E-state index is -0.866. The van der Waals surface area contributed by atoms with Crippen molar-refractivity contribution in [2.45, 2.75) is 52.6 Å². The molecular weight excluding hydrogens is 909 g/mol. The maximum atomic E-state index is 13.6. The van der Waals surface area contributed by atoms with Crippen LogP contribution in [-0.2, 0) is 19.1 Å². The zero-order valence-corrected chi connectivity index (χ0v) is 42.2. The average molecular weight is 967 g/mol. The Morgan fingerprint density at radius 2 is 0.681 bits per heavy atom. The van der Waals surface area contributed by atoms with E-state index >= 15 is 0 Å². The summed E-state index contributed by atoms with van der Waals surface area (Å²) in [5.74, 6) is 2.87. The molecule has 4 aliphatic heterocycles. The molecule has 2 amide bonds. The number of esters is 1. The van der Waals surface area contributed by atoms with E-state index in [0.717, 1.165) is 79.5 Å². The first-order chi connectivity index (χ1) is 34.7. The van der Waals surface area contributed by atoms with Crippen molar-refractivity contribution < 1.29 is 38.1 Å². The van der Waals surface area contributed by atoms with Crippen LogP contribution in [0.2, 0.25) is 0 Å². The van der Waals surface area contributed by atoms with Crippen molar-refractivity contribution in [3.8, 4) is 23.0 Å². The zero-order chi connectivity index (χ0) is 51.4. The van der Waals surface area contributed by atoms with Crippen LogP contribution < -0.4 is 28.7 Å². The van der Waals surface area contributed by atoms with Crippen molar-refractivity contribution in [2.75, 3.05) is 44.8 Å². The Morgan fingerprint density at radius 1 is 0.431 bits per heavy atom. The fourth-order valence-corrected chi connectivity index (χ4v) is 9.99. The number of nitrogens with zero attached hydrogens (tertiary/aromatic N) is 6. The summed E-state index contributed by atoms with van der Waals surface area (Å²) in [6.45, 7) is 11.5. The summed E-state index contributed by atoms with van der Waals surface area (Å²) in [4.78, 5) is 40.7. The maximum Gasteiger partial charge on any atom is 0.302 e. The molecule has 368 valence electrons. The van der Waals surface area contributed by atoms with E-state index in [9.17, 15) is 14.4 Å². The van der Waals surface area contributed by atoms with Gasteiger partial charge in [-0.05, 0) is 156 Å². The molecule has 6 aromatic rings. The number of benzene rings is 6. The largest absolute Gasteiger partial charge is 0.497 e. The fraction of sp³-hybridized carbons (Fsp3) is 0.259. The second-order valence-electron chi connectivity index (χ2n) is 18.3. The van der Waals surface area contributed by atoms with Crippen LogP contribution in [0.4, 0.5) is 11.4 Å². The van der Waals surface area contributed by atoms with Crippen LogP contribution in [0.25, 0.3) is 0 Å². The molecular formula is C58H58N6O8. The first-order valence-corrected chi connectivity index (χ1v) is 23.5. The van der Waals surface area contributed by atoms with Gasteiger partial charge in [0.05, 0.1) is 45.9 Å². The van der Waals surface area contributed by atoms with Crippen LogP contribution >= 0.6 is 0 Å². The highest BCUT2D eigenvalue weighted by Crippen LogP contribution is 2.57. The maximum absolute atomic E-state index is 13.6. The molecule has 2 fully saturated rings. The summed E-state index contributed by atoms with van der Waals surface area (Å²) in [5.41, 5.74) is 4.89. The average Bonchev–Trinajstić information content (AvgIpc) is 4.03. The van der Waals surface area contributed by atoms with Gasteiger partial charge in [0.15, 0.2) is 11.1 Å². The highest BCUT2D eigenvalue weighted by Gasteiger charge is 2.74. The normalized spacial score (nSPS) is 17.1. The van der Waals surface area contributed by atoms with Gasteiger partial charge in [-0.25, -0.2) is 0 Å². The number of para-hydroxylation sites is 2. The molecule has 0 aromatic heterocycles. The van der Waals surface area contributed by atoms with Gasteiger partial charge in [-0.15, -0.1) is 0 Å². The third-order valence-electron chi connectivity index (χ3n) is 13.7. The summed E-state index contributed by atoms with van der Waals surface area (Å²) >= 11 is 0. The number of hydrogen-bond acceptors (Lipinski definition) is 12. The lowest BCUT2D eigenvalue weighted by atomic mass is 9.55.